The zero-order valence-corrected chi connectivity index (χ0v) is 15.5. The first-order valence-corrected chi connectivity index (χ1v) is 9.79. The van der Waals surface area contributed by atoms with Crippen LogP contribution in [0.4, 0.5) is 23.7 Å². The van der Waals surface area contributed by atoms with Gasteiger partial charge >= 0.3 is 12.2 Å². The summed E-state index contributed by atoms with van der Waals surface area (Å²) in [6.07, 6.45) is -1.21. The summed E-state index contributed by atoms with van der Waals surface area (Å²) in [7, 11) is 0. The van der Waals surface area contributed by atoms with E-state index in [2.05, 4.69) is 10.6 Å². The lowest BCUT2D eigenvalue weighted by Crippen LogP contribution is -2.58. The molecule has 3 aliphatic rings. The molecule has 2 N–H and O–H groups in total. The number of nitrogens with one attached hydrogen (secondary N) is 2. The van der Waals surface area contributed by atoms with Crippen molar-refractivity contribution in [2.24, 2.45) is 11.3 Å². The van der Waals surface area contributed by atoms with E-state index in [1.165, 1.54) is 4.90 Å². The Bertz CT molecular complexity index is 776. The van der Waals surface area contributed by atoms with Crippen molar-refractivity contribution >= 4 is 17.6 Å². The number of amides is 3. The number of hydrogen-bond acceptors (Lipinski definition) is 2. The molecule has 1 spiro atoms. The van der Waals surface area contributed by atoms with Crippen LogP contribution in [0.1, 0.15) is 50.1 Å². The third kappa shape index (κ3) is 3.56. The van der Waals surface area contributed by atoms with Crippen molar-refractivity contribution in [2.45, 2.75) is 50.7 Å². The van der Waals surface area contributed by atoms with Crippen LogP contribution in [-0.4, -0.2) is 36.1 Å². The number of nitrogens with zero attached hydrogens (tertiary/aromatic N) is 1. The molecule has 2 atom stereocenters. The van der Waals surface area contributed by atoms with E-state index in [0.717, 1.165) is 12.0 Å². The van der Waals surface area contributed by atoms with Gasteiger partial charge in [-0.15, -0.1) is 0 Å². The molecule has 2 unspecified atom stereocenters. The molecule has 1 aliphatic carbocycles. The zero-order chi connectivity index (χ0) is 19.9. The highest BCUT2D eigenvalue weighted by Crippen LogP contribution is 2.56. The molecule has 2 saturated heterocycles. The molecule has 1 saturated carbocycles. The van der Waals surface area contributed by atoms with Crippen LogP contribution in [0.25, 0.3) is 0 Å². The van der Waals surface area contributed by atoms with Gasteiger partial charge in [0.2, 0.25) is 5.91 Å². The summed E-state index contributed by atoms with van der Waals surface area (Å²) >= 11 is 0. The summed E-state index contributed by atoms with van der Waals surface area (Å²) < 4.78 is 40.2. The summed E-state index contributed by atoms with van der Waals surface area (Å²) in [5, 5.41) is 5.71. The quantitative estimate of drug-likeness (QED) is 0.788. The molecule has 152 valence electrons. The summed E-state index contributed by atoms with van der Waals surface area (Å²) in [4.78, 5) is 25.6. The summed E-state index contributed by atoms with van der Waals surface area (Å²) in [6.45, 7) is 0.261. The Hall–Kier alpha value is -2.25. The highest BCUT2D eigenvalue weighted by Gasteiger charge is 2.58. The zero-order valence-electron chi connectivity index (χ0n) is 15.5. The van der Waals surface area contributed by atoms with E-state index in [1.54, 1.807) is 12.1 Å². The minimum absolute atomic E-state index is 0.0118. The van der Waals surface area contributed by atoms with Crippen molar-refractivity contribution in [1.82, 2.24) is 10.2 Å². The van der Waals surface area contributed by atoms with Crippen LogP contribution in [0.5, 0.6) is 0 Å². The van der Waals surface area contributed by atoms with Crippen LogP contribution in [0.15, 0.2) is 24.3 Å². The molecule has 28 heavy (non-hydrogen) atoms. The second-order valence-electron chi connectivity index (χ2n) is 8.23. The van der Waals surface area contributed by atoms with Gasteiger partial charge in [0.15, 0.2) is 0 Å². The van der Waals surface area contributed by atoms with Crippen molar-refractivity contribution in [3.05, 3.63) is 29.8 Å². The molecule has 2 aliphatic heterocycles. The van der Waals surface area contributed by atoms with Gasteiger partial charge in [0, 0.05) is 25.2 Å². The van der Waals surface area contributed by atoms with Crippen LogP contribution in [0.3, 0.4) is 0 Å². The minimum atomic E-state index is -4.21. The first-order valence-electron chi connectivity index (χ1n) is 9.79. The number of alkyl halides is 3. The van der Waals surface area contributed by atoms with Gasteiger partial charge in [-0.25, -0.2) is 4.79 Å². The average molecular weight is 395 g/mol. The predicted molar refractivity (Wildman–Crippen MR) is 97.6 cm³/mol. The van der Waals surface area contributed by atoms with Crippen LogP contribution in [0, 0.1) is 11.3 Å². The Morgan fingerprint density at radius 3 is 2.64 bits per heavy atom. The maximum Gasteiger partial charge on any atom is 0.392 e. The van der Waals surface area contributed by atoms with Gasteiger partial charge in [0.25, 0.3) is 0 Å². The van der Waals surface area contributed by atoms with Crippen molar-refractivity contribution in [3.8, 4) is 0 Å². The van der Waals surface area contributed by atoms with Gasteiger partial charge < -0.3 is 15.5 Å². The van der Waals surface area contributed by atoms with Gasteiger partial charge in [0.1, 0.15) is 0 Å². The summed E-state index contributed by atoms with van der Waals surface area (Å²) in [6, 6.07) is 6.84. The first kappa shape index (κ1) is 19.1. The molecule has 0 radical (unpaired) electrons. The first-order chi connectivity index (χ1) is 13.3. The number of carbonyl (C=O) groups is 2. The van der Waals surface area contributed by atoms with Crippen molar-refractivity contribution < 1.29 is 22.8 Å². The Balaban J connectivity index is 1.43. The van der Waals surface area contributed by atoms with Crippen molar-refractivity contribution in [3.63, 3.8) is 0 Å². The fraction of sp³-hybridized carbons (Fsp3) is 0.600. The number of piperidine rings is 1. The number of anilines is 1. The lowest BCUT2D eigenvalue weighted by molar-refractivity contribution is -0.234. The topological polar surface area (TPSA) is 61.4 Å². The number of rotatable bonds is 2. The van der Waals surface area contributed by atoms with Crippen LogP contribution >= 0.6 is 0 Å². The summed E-state index contributed by atoms with van der Waals surface area (Å²) in [5.74, 6) is -1.30. The smallest absolute Gasteiger partial charge is 0.349 e. The molecule has 4 rings (SSSR count). The standard InChI is InChI=1S/C20H24F3N3O2/c21-20(22,23)16-7-10-26(12-19(16)8-2-9-19)18(28)24-14-4-1-3-13(11-14)15-5-6-17(27)25-15/h1,3-4,11,15-16H,2,5-10,12H2,(H,24,28)(H,25,27). The molecule has 2 heterocycles. The van der Waals surface area contributed by atoms with E-state index in [0.29, 0.717) is 31.4 Å². The Labute approximate surface area is 161 Å². The molecular weight excluding hydrogens is 371 g/mol. The predicted octanol–water partition coefficient (Wildman–Crippen LogP) is 4.22. The molecule has 8 heteroatoms. The fourth-order valence-electron chi connectivity index (χ4n) is 4.88. The van der Waals surface area contributed by atoms with Crippen LogP contribution < -0.4 is 10.6 Å². The van der Waals surface area contributed by atoms with Gasteiger partial charge in [-0.05, 0) is 48.8 Å². The molecule has 3 fully saturated rings. The van der Waals surface area contributed by atoms with Crippen molar-refractivity contribution in [2.75, 3.05) is 18.4 Å². The van der Waals surface area contributed by atoms with E-state index < -0.39 is 17.5 Å². The normalized spacial score (nSPS) is 26.7. The maximum atomic E-state index is 13.4. The van der Waals surface area contributed by atoms with E-state index in [1.807, 2.05) is 12.1 Å². The highest BCUT2D eigenvalue weighted by molar-refractivity contribution is 5.89. The van der Waals surface area contributed by atoms with E-state index in [-0.39, 0.29) is 37.5 Å². The number of carbonyl (C=O) groups excluding carboxylic acids is 2. The highest BCUT2D eigenvalue weighted by atomic mass is 19.4. The molecular formula is C20H24F3N3O2. The molecule has 1 aromatic rings. The molecule has 0 aromatic heterocycles. The third-order valence-corrected chi connectivity index (χ3v) is 6.50. The van der Waals surface area contributed by atoms with E-state index >= 15 is 0 Å². The molecule has 5 nitrogen and oxygen atoms in total. The van der Waals surface area contributed by atoms with Gasteiger partial charge in [-0.2, -0.15) is 13.2 Å². The maximum absolute atomic E-state index is 13.4. The molecule has 1 aromatic carbocycles. The number of benzene rings is 1. The Kier molecular flexibility index (Phi) is 4.75. The number of urea groups is 1. The van der Waals surface area contributed by atoms with Crippen LogP contribution in [-0.2, 0) is 4.79 Å². The SMILES string of the molecule is O=C1CCC(c2cccc(NC(=O)N3CCC(C(F)(F)F)C4(CCC4)C3)c2)N1. The van der Waals surface area contributed by atoms with Gasteiger partial charge in [0.05, 0.1) is 12.0 Å². The average Bonchev–Trinajstić information content (AvgIpc) is 3.06. The van der Waals surface area contributed by atoms with Gasteiger partial charge in [-0.3, -0.25) is 4.79 Å². The number of hydrogen-bond donors (Lipinski definition) is 2. The van der Waals surface area contributed by atoms with Crippen LogP contribution in [0.2, 0.25) is 0 Å². The van der Waals surface area contributed by atoms with Gasteiger partial charge in [-0.1, -0.05) is 18.6 Å². The van der Waals surface area contributed by atoms with Crippen molar-refractivity contribution in [1.29, 1.82) is 0 Å². The summed E-state index contributed by atoms with van der Waals surface area (Å²) in [5.41, 5.74) is 0.684. The largest absolute Gasteiger partial charge is 0.392 e. The lowest BCUT2D eigenvalue weighted by atomic mass is 9.58. The third-order valence-electron chi connectivity index (χ3n) is 6.50. The molecule has 0 bridgehead atoms. The molecule has 3 amide bonds. The van der Waals surface area contributed by atoms with E-state index in [4.69, 9.17) is 0 Å². The Morgan fingerprint density at radius 2 is 2.04 bits per heavy atom. The second kappa shape index (κ2) is 6.97. The fourth-order valence-corrected chi connectivity index (χ4v) is 4.88. The lowest BCUT2D eigenvalue weighted by Gasteiger charge is -2.54. The minimum Gasteiger partial charge on any atom is -0.349 e. The Morgan fingerprint density at radius 1 is 1.25 bits per heavy atom. The van der Waals surface area contributed by atoms with E-state index in [9.17, 15) is 22.8 Å². The number of halogens is 3. The monoisotopic (exact) mass is 395 g/mol. The second-order valence-corrected chi connectivity index (χ2v) is 8.23. The number of likely N-dealkylation sites (tertiary alicyclic amines) is 1.